The Morgan fingerprint density at radius 3 is 2.55 bits per heavy atom. The summed E-state index contributed by atoms with van der Waals surface area (Å²) in [5.74, 6) is 0.262. The van der Waals surface area contributed by atoms with Gasteiger partial charge in [0.15, 0.2) is 9.84 Å². The van der Waals surface area contributed by atoms with Crippen molar-refractivity contribution in [3.05, 3.63) is 83.3 Å². The van der Waals surface area contributed by atoms with Crippen molar-refractivity contribution in [3.63, 3.8) is 0 Å². The molecule has 0 aliphatic heterocycles. The number of ether oxygens (including phenoxy) is 1. The summed E-state index contributed by atoms with van der Waals surface area (Å²) in [5, 5.41) is 1.66. The minimum atomic E-state index is -3.81. The number of nitrogens with one attached hydrogen (secondary N) is 1. The molecule has 0 radical (unpaired) electrons. The molecule has 7 heteroatoms. The van der Waals surface area contributed by atoms with Crippen molar-refractivity contribution >= 4 is 15.7 Å². The van der Waals surface area contributed by atoms with Crippen LogP contribution in [0.1, 0.15) is 32.5 Å². The summed E-state index contributed by atoms with van der Waals surface area (Å²) in [4.78, 5) is 12.9. The van der Waals surface area contributed by atoms with Crippen molar-refractivity contribution in [2.75, 3.05) is 13.7 Å². The second-order valence-electron chi connectivity index (χ2n) is 6.73. The first-order valence-electron chi connectivity index (χ1n) is 9.10. The zero-order chi connectivity index (χ0) is 21.0. The molecule has 0 bridgehead atoms. The SMILES string of the molecule is COc1ccccc1C(=O)NC[C@@H](c1ccco1)S(=O)(=O)c1cc(C)ccc1C. The van der Waals surface area contributed by atoms with Crippen LogP contribution in [0.2, 0.25) is 0 Å². The lowest BCUT2D eigenvalue weighted by molar-refractivity contribution is 0.0950. The van der Waals surface area contributed by atoms with E-state index in [-0.39, 0.29) is 17.2 Å². The first-order chi connectivity index (χ1) is 13.8. The van der Waals surface area contributed by atoms with Crippen molar-refractivity contribution in [3.8, 4) is 5.75 Å². The van der Waals surface area contributed by atoms with Crippen LogP contribution in [0.25, 0.3) is 0 Å². The van der Waals surface area contributed by atoms with Gasteiger partial charge in [-0.15, -0.1) is 0 Å². The number of hydrogen-bond donors (Lipinski definition) is 1. The molecule has 1 aromatic heterocycles. The number of amides is 1. The Labute approximate surface area is 170 Å². The van der Waals surface area contributed by atoms with Crippen LogP contribution in [-0.2, 0) is 9.84 Å². The van der Waals surface area contributed by atoms with Crippen molar-refractivity contribution < 1.29 is 22.4 Å². The summed E-state index contributed by atoms with van der Waals surface area (Å²) in [6.45, 7) is 3.45. The number of hydrogen-bond acceptors (Lipinski definition) is 5. The van der Waals surface area contributed by atoms with Gasteiger partial charge < -0.3 is 14.5 Å². The second-order valence-corrected chi connectivity index (χ2v) is 8.83. The standard InChI is InChI=1S/C22H23NO5S/c1-15-10-11-16(2)20(13-15)29(25,26)21(19-9-6-12-28-19)14-23-22(24)17-7-4-5-8-18(17)27-3/h4-13,21H,14H2,1-3H3,(H,23,24)/t21-/m0/s1. The van der Waals surface area contributed by atoms with Gasteiger partial charge >= 0.3 is 0 Å². The number of para-hydroxylation sites is 1. The summed E-state index contributed by atoms with van der Waals surface area (Å²) in [7, 11) is -2.34. The highest BCUT2D eigenvalue weighted by molar-refractivity contribution is 7.91. The third-order valence-corrected chi connectivity index (χ3v) is 6.89. The van der Waals surface area contributed by atoms with E-state index in [0.717, 1.165) is 5.56 Å². The van der Waals surface area contributed by atoms with Gasteiger partial charge in [-0.25, -0.2) is 8.42 Å². The highest BCUT2D eigenvalue weighted by Crippen LogP contribution is 2.31. The van der Waals surface area contributed by atoms with Gasteiger partial charge in [-0.05, 0) is 55.3 Å². The molecule has 2 aromatic carbocycles. The normalized spacial score (nSPS) is 12.4. The van der Waals surface area contributed by atoms with Crippen LogP contribution in [0.15, 0.2) is 70.2 Å². The summed E-state index contributed by atoms with van der Waals surface area (Å²) < 4.78 is 37.5. The fourth-order valence-electron chi connectivity index (χ4n) is 3.12. The average Bonchev–Trinajstić information content (AvgIpc) is 3.23. The molecule has 0 unspecified atom stereocenters. The number of methoxy groups -OCH3 is 1. The Hall–Kier alpha value is -3.06. The van der Waals surface area contributed by atoms with E-state index in [1.165, 1.54) is 13.4 Å². The number of rotatable bonds is 7. The lowest BCUT2D eigenvalue weighted by Gasteiger charge is -2.19. The molecule has 3 aromatic rings. The summed E-state index contributed by atoms with van der Waals surface area (Å²) in [6.07, 6.45) is 1.42. The Bertz CT molecular complexity index is 1100. The largest absolute Gasteiger partial charge is 0.496 e. The van der Waals surface area contributed by atoms with Gasteiger partial charge in [0.05, 0.1) is 23.8 Å². The summed E-state index contributed by atoms with van der Waals surface area (Å²) >= 11 is 0. The Morgan fingerprint density at radius 1 is 1.10 bits per heavy atom. The molecule has 0 aliphatic rings. The van der Waals surface area contributed by atoms with Crippen LogP contribution in [0.3, 0.4) is 0 Å². The molecule has 29 heavy (non-hydrogen) atoms. The van der Waals surface area contributed by atoms with E-state index >= 15 is 0 Å². The van der Waals surface area contributed by atoms with Crippen molar-refractivity contribution in [2.24, 2.45) is 0 Å². The van der Waals surface area contributed by atoms with E-state index in [1.807, 2.05) is 13.0 Å². The van der Waals surface area contributed by atoms with E-state index in [0.29, 0.717) is 16.9 Å². The zero-order valence-electron chi connectivity index (χ0n) is 16.5. The lowest BCUT2D eigenvalue weighted by Crippen LogP contribution is -2.32. The quantitative estimate of drug-likeness (QED) is 0.636. The van der Waals surface area contributed by atoms with Crippen molar-refractivity contribution in [1.29, 1.82) is 0 Å². The minimum absolute atomic E-state index is 0.139. The predicted octanol–water partition coefficient (Wildman–Crippen LogP) is 3.85. The maximum Gasteiger partial charge on any atom is 0.255 e. The van der Waals surface area contributed by atoms with E-state index in [9.17, 15) is 13.2 Å². The highest BCUT2D eigenvalue weighted by atomic mass is 32.2. The summed E-state index contributed by atoms with van der Waals surface area (Å²) in [5.41, 5.74) is 1.81. The molecule has 3 rings (SSSR count). The average molecular weight is 413 g/mol. The van der Waals surface area contributed by atoms with Gasteiger partial charge in [0.25, 0.3) is 5.91 Å². The predicted molar refractivity (Wildman–Crippen MR) is 110 cm³/mol. The van der Waals surface area contributed by atoms with Crippen LogP contribution in [0.4, 0.5) is 0 Å². The van der Waals surface area contributed by atoms with Crippen LogP contribution in [0.5, 0.6) is 5.75 Å². The Kier molecular flexibility index (Phi) is 6.08. The first kappa shape index (κ1) is 20.7. The molecule has 152 valence electrons. The number of aryl methyl sites for hydroxylation is 2. The monoisotopic (exact) mass is 413 g/mol. The van der Waals surface area contributed by atoms with Gasteiger partial charge in [0.2, 0.25) is 0 Å². The van der Waals surface area contributed by atoms with E-state index < -0.39 is 21.0 Å². The van der Waals surface area contributed by atoms with Crippen molar-refractivity contribution in [1.82, 2.24) is 5.32 Å². The Morgan fingerprint density at radius 2 is 1.86 bits per heavy atom. The first-order valence-corrected chi connectivity index (χ1v) is 10.6. The second kappa shape index (κ2) is 8.53. The minimum Gasteiger partial charge on any atom is -0.496 e. The number of carbonyl (C=O) groups is 1. The molecule has 0 spiro atoms. The number of carbonyl (C=O) groups excluding carboxylic acids is 1. The van der Waals surface area contributed by atoms with Crippen LogP contribution < -0.4 is 10.1 Å². The third-order valence-electron chi connectivity index (χ3n) is 4.68. The molecule has 0 fully saturated rings. The molecule has 1 heterocycles. The summed E-state index contributed by atoms with van der Waals surface area (Å²) in [6, 6.07) is 15.3. The van der Waals surface area contributed by atoms with Gasteiger partial charge in [0.1, 0.15) is 16.8 Å². The molecule has 1 amide bonds. The lowest BCUT2D eigenvalue weighted by atomic mass is 10.2. The van der Waals surface area contributed by atoms with E-state index in [4.69, 9.17) is 9.15 Å². The van der Waals surface area contributed by atoms with Gasteiger partial charge in [-0.1, -0.05) is 24.3 Å². The molecule has 0 aliphatic carbocycles. The number of furan rings is 1. The van der Waals surface area contributed by atoms with Crippen LogP contribution in [-0.4, -0.2) is 28.0 Å². The van der Waals surface area contributed by atoms with Gasteiger partial charge in [-0.2, -0.15) is 0 Å². The topological polar surface area (TPSA) is 85.6 Å². The maximum atomic E-state index is 13.4. The molecule has 0 saturated carbocycles. The zero-order valence-corrected chi connectivity index (χ0v) is 17.3. The van der Waals surface area contributed by atoms with Crippen LogP contribution >= 0.6 is 0 Å². The van der Waals surface area contributed by atoms with Gasteiger partial charge in [0, 0.05) is 6.54 Å². The van der Waals surface area contributed by atoms with Crippen LogP contribution in [0, 0.1) is 13.8 Å². The molecule has 0 saturated heterocycles. The fraction of sp³-hybridized carbons (Fsp3) is 0.227. The Balaban J connectivity index is 1.93. The maximum absolute atomic E-state index is 13.4. The number of benzene rings is 2. The third kappa shape index (κ3) is 4.35. The van der Waals surface area contributed by atoms with Crippen molar-refractivity contribution in [2.45, 2.75) is 24.0 Å². The molecule has 6 nitrogen and oxygen atoms in total. The van der Waals surface area contributed by atoms with Gasteiger partial charge in [-0.3, -0.25) is 4.79 Å². The number of sulfone groups is 1. The van der Waals surface area contributed by atoms with E-state index in [2.05, 4.69) is 5.32 Å². The molecule has 1 N–H and O–H groups in total. The van der Waals surface area contributed by atoms with E-state index in [1.54, 1.807) is 55.5 Å². The smallest absolute Gasteiger partial charge is 0.255 e. The fourth-order valence-corrected chi connectivity index (χ4v) is 5.03. The molecular weight excluding hydrogens is 390 g/mol. The highest BCUT2D eigenvalue weighted by Gasteiger charge is 2.33. The molecular formula is C22H23NO5S. The molecule has 1 atom stereocenters.